The largest absolute Gasteiger partial charge is 0.453 e. The van der Waals surface area contributed by atoms with Crippen LogP contribution in [0.5, 0.6) is 0 Å². The summed E-state index contributed by atoms with van der Waals surface area (Å²) in [5, 5.41) is 7.85. The quantitative estimate of drug-likeness (QED) is 0.159. The van der Waals surface area contributed by atoms with Gasteiger partial charge in [-0.25, -0.2) is 14.6 Å². The molecular weight excluding hydrogens is 775 g/mol. The molecule has 5 heterocycles. The number of carbonyl (C=O) groups is 4. The predicted molar refractivity (Wildman–Crippen MR) is 228 cm³/mol. The zero-order valence-corrected chi connectivity index (χ0v) is 35.1. The van der Waals surface area contributed by atoms with E-state index in [2.05, 4.69) is 70.2 Å². The molecule has 318 valence electrons. The van der Waals surface area contributed by atoms with Crippen LogP contribution in [0.3, 0.4) is 0 Å². The van der Waals surface area contributed by atoms with Gasteiger partial charge in [0.15, 0.2) is 0 Å². The zero-order chi connectivity index (χ0) is 42.1. The second-order valence-electron chi connectivity index (χ2n) is 18.1. The minimum absolute atomic E-state index is 0.0199. The topological polar surface area (TPSA) is 168 Å². The number of hydrogen-bond acceptors (Lipinski definition) is 9. The van der Waals surface area contributed by atoms with Gasteiger partial charge in [-0.1, -0.05) is 44.2 Å². The number of methoxy groups -OCH3 is 2. The summed E-state index contributed by atoms with van der Waals surface area (Å²) in [4.78, 5) is 70.1. The van der Waals surface area contributed by atoms with E-state index < -0.39 is 24.3 Å². The van der Waals surface area contributed by atoms with Crippen molar-refractivity contribution >= 4 is 46.2 Å². The molecule has 1 aromatic heterocycles. The van der Waals surface area contributed by atoms with Gasteiger partial charge in [-0.3, -0.25) is 14.6 Å². The summed E-state index contributed by atoms with van der Waals surface area (Å²) in [5.41, 5.74) is 7.22. The van der Waals surface area contributed by atoms with Crippen molar-refractivity contribution in [3.8, 4) is 22.4 Å². The lowest BCUT2D eigenvalue weighted by molar-refractivity contribution is -0.138. The van der Waals surface area contributed by atoms with Gasteiger partial charge in [0.2, 0.25) is 11.8 Å². The number of amides is 4. The Morgan fingerprint density at radius 3 is 2.10 bits per heavy atom. The molecule has 61 heavy (non-hydrogen) atoms. The van der Waals surface area contributed by atoms with Crippen molar-refractivity contribution in [1.29, 1.82) is 0 Å². The van der Waals surface area contributed by atoms with E-state index in [0.717, 1.165) is 81.6 Å². The first-order valence-corrected chi connectivity index (χ1v) is 21.8. The van der Waals surface area contributed by atoms with Crippen LogP contribution in [-0.4, -0.2) is 107 Å². The summed E-state index contributed by atoms with van der Waals surface area (Å²) in [6, 6.07) is 18.1. The Balaban J connectivity index is 0.833. The third kappa shape index (κ3) is 7.32. The van der Waals surface area contributed by atoms with Crippen molar-refractivity contribution in [1.82, 2.24) is 30.4 Å². The molecule has 4 aromatic rings. The Morgan fingerprint density at radius 2 is 1.39 bits per heavy atom. The van der Waals surface area contributed by atoms with Crippen LogP contribution in [0.15, 0.2) is 65.8 Å². The molecule has 0 radical (unpaired) electrons. The summed E-state index contributed by atoms with van der Waals surface area (Å²) in [7, 11) is 2.64. The molecule has 3 N–H and O–H groups in total. The number of benzene rings is 3. The molecule has 0 unspecified atom stereocenters. The number of carbonyl (C=O) groups excluding carboxylic acids is 4. The van der Waals surface area contributed by atoms with E-state index >= 15 is 0 Å². The minimum Gasteiger partial charge on any atom is -0.453 e. The second-order valence-corrected chi connectivity index (χ2v) is 18.1. The van der Waals surface area contributed by atoms with Gasteiger partial charge in [0, 0.05) is 43.0 Å². The van der Waals surface area contributed by atoms with E-state index in [1.54, 1.807) is 0 Å². The van der Waals surface area contributed by atoms with Crippen LogP contribution in [0, 0.1) is 23.7 Å². The van der Waals surface area contributed by atoms with Crippen molar-refractivity contribution in [3.05, 3.63) is 72.2 Å². The van der Waals surface area contributed by atoms with E-state index in [-0.39, 0.29) is 47.8 Å². The first-order chi connectivity index (χ1) is 29.6. The fourth-order valence-corrected chi connectivity index (χ4v) is 10.6. The number of ether oxygens (including phenoxy) is 3. The van der Waals surface area contributed by atoms with E-state index in [4.69, 9.17) is 24.2 Å². The van der Waals surface area contributed by atoms with Gasteiger partial charge in [-0.2, -0.15) is 0 Å². The molecule has 14 nitrogen and oxygen atoms in total. The Bertz CT molecular complexity index is 2440. The SMILES string of the molecule is COC(=O)N[C@H](C(=O)N1[C@@H]2C[C@@H]2C[C@H]1C1=Nc2ccc(-c3ccc4cc(-c5cnc([C@@H]6C[C@H]7C[C@H]7N6C(=O)[C@@H](NC(=O)OC)C6CCOCC6)[nH]5)ccc4c3)cc2C1)C(C)C. The number of nitrogens with one attached hydrogen (secondary N) is 3. The lowest BCUT2D eigenvalue weighted by atomic mass is 9.90. The van der Waals surface area contributed by atoms with Crippen LogP contribution in [0.2, 0.25) is 0 Å². The van der Waals surface area contributed by atoms with E-state index in [1.165, 1.54) is 14.2 Å². The summed E-state index contributed by atoms with van der Waals surface area (Å²) in [6.45, 7) is 5.02. The highest BCUT2D eigenvalue weighted by atomic mass is 16.5. The molecule has 5 fully saturated rings. The normalized spacial score (nSPS) is 26.0. The lowest BCUT2D eigenvalue weighted by Gasteiger charge is -2.35. The number of aromatic nitrogens is 2. The molecule has 2 aliphatic carbocycles. The number of alkyl carbamates (subject to hydrolysis) is 2. The first kappa shape index (κ1) is 39.4. The standard InChI is InChI=1S/C47H53N7O7/c1-24(2)41(51-46(57)59-3)44(55)53-37-19-32(37)21-39(53)35-18-31-17-29(9-10-34(31)49-35)26-5-6-28-16-30(8-7-27(28)15-26)36-23-48-43(50-36)40-22-33-20-38(33)54(40)45(56)42(52-47(58)60-4)25-11-13-61-14-12-25/h5-10,15-17,23-25,32-33,37-42H,11-14,18-22H2,1-4H3,(H,48,50)(H,51,57)(H,52,58)/t32-,33-,37-,38-,39+,40+,41+,42+/m1/s1. The number of aromatic amines is 1. The number of fused-ring (bicyclic) bond motifs is 4. The van der Waals surface area contributed by atoms with Crippen LogP contribution in [0.4, 0.5) is 15.3 Å². The van der Waals surface area contributed by atoms with Gasteiger partial charge >= 0.3 is 12.2 Å². The number of likely N-dealkylation sites (tertiary alicyclic amines) is 2. The van der Waals surface area contributed by atoms with Crippen LogP contribution in [-0.2, 0) is 30.2 Å². The molecule has 3 aromatic carbocycles. The van der Waals surface area contributed by atoms with E-state index in [0.29, 0.717) is 44.3 Å². The molecular formula is C47H53N7O7. The zero-order valence-electron chi connectivity index (χ0n) is 35.1. The fourth-order valence-electron chi connectivity index (χ4n) is 10.6. The second kappa shape index (κ2) is 15.6. The van der Waals surface area contributed by atoms with Crippen molar-refractivity contribution in [2.24, 2.45) is 28.7 Å². The predicted octanol–water partition coefficient (Wildman–Crippen LogP) is 6.71. The van der Waals surface area contributed by atoms with E-state index in [1.807, 2.05) is 29.8 Å². The Hall–Kier alpha value is -5.76. The summed E-state index contributed by atoms with van der Waals surface area (Å²) < 4.78 is 15.3. The first-order valence-electron chi connectivity index (χ1n) is 21.8. The van der Waals surface area contributed by atoms with Gasteiger partial charge < -0.3 is 39.6 Å². The number of aliphatic imine (C=N–C) groups is 1. The van der Waals surface area contributed by atoms with Crippen molar-refractivity contribution in [3.63, 3.8) is 0 Å². The maximum Gasteiger partial charge on any atom is 0.407 e. The highest BCUT2D eigenvalue weighted by Crippen LogP contribution is 2.54. The number of H-pyrrole nitrogens is 1. The van der Waals surface area contributed by atoms with Gasteiger partial charge in [0.1, 0.15) is 17.9 Å². The number of rotatable bonds is 10. The summed E-state index contributed by atoms with van der Waals surface area (Å²) in [6.07, 6.45) is 6.47. The molecule has 0 spiro atoms. The minimum atomic E-state index is -0.673. The maximum absolute atomic E-state index is 14.3. The van der Waals surface area contributed by atoms with E-state index in [9.17, 15) is 19.2 Å². The van der Waals surface area contributed by atoms with Crippen LogP contribution in [0.1, 0.15) is 69.8 Å². The Kier molecular flexibility index (Phi) is 10.1. The molecule has 3 saturated heterocycles. The van der Waals surface area contributed by atoms with Gasteiger partial charge in [0.05, 0.1) is 43.9 Å². The molecule has 6 aliphatic rings. The average molecular weight is 828 g/mol. The van der Waals surface area contributed by atoms with Crippen molar-refractivity contribution < 1.29 is 33.4 Å². The third-order valence-electron chi connectivity index (χ3n) is 14.1. The average Bonchev–Trinajstić information content (AvgIpc) is 3.90. The van der Waals surface area contributed by atoms with Crippen LogP contribution in [0.25, 0.3) is 33.2 Å². The molecule has 4 amide bonds. The molecule has 8 atom stereocenters. The summed E-state index contributed by atoms with van der Waals surface area (Å²) >= 11 is 0. The molecule has 10 rings (SSSR count). The maximum atomic E-state index is 14.3. The van der Waals surface area contributed by atoms with Gasteiger partial charge in [-0.05, 0) is 114 Å². The Morgan fingerprint density at radius 1 is 0.770 bits per heavy atom. The highest BCUT2D eigenvalue weighted by molar-refractivity contribution is 6.02. The monoisotopic (exact) mass is 827 g/mol. The molecule has 4 aliphatic heterocycles. The van der Waals surface area contributed by atoms with Gasteiger partial charge in [-0.15, -0.1) is 0 Å². The summed E-state index contributed by atoms with van der Waals surface area (Å²) in [5.74, 6) is 1.44. The van der Waals surface area contributed by atoms with Crippen molar-refractivity contribution in [2.75, 3.05) is 27.4 Å². The number of imidazole rings is 1. The number of nitrogens with zero attached hydrogens (tertiary/aromatic N) is 4. The van der Waals surface area contributed by atoms with Gasteiger partial charge in [0.25, 0.3) is 0 Å². The number of hydrogen-bond donors (Lipinski definition) is 3. The highest BCUT2D eigenvalue weighted by Gasteiger charge is 2.58. The smallest absolute Gasteiger partial charge is 0.407 e. The molecule has 14 heteroatoms. The van der Waals surface area contributed by atoms with Crippen LogP contribution >= 0.6 is 0 Å². The van der Waals surface area contributed by atoms with Crippen LogP contribution < -0.4 is 10.6 Å². The lowest BCUT2D eigenvalue weighted by Crippen LogP contribution is -2.55. The fraction of sp³-hybridized carbons (Fsp3) is 0.489. The Labute approximate surface area is 354 Å². The molecule has 2 saturated carbocycles. The molecule has 0 bridgehead atoms. The number of piperidine rings is 2. The third-order valence-corrected chi connectivity index (χ3v) is 14.1. The van der Waals surface area contributed by atoms with Crippen molar-refractivity contribution in [2.45, 2.75) is 95.0 Å².